The van der Waals surface area contributed by atoms with Crippen molar-refractivity contribution in [2.75, 3.05) is 0 Å². The van der Waals surface area contributed by atoms with Crippen LogP contribution in [0.25, 0.3) is 0 Å². The molecule has 0 aliphatic heterocycles. The van der Waals surface area contributed by atoms with Gasteiger partial charge in [-0.2, -0.15) is 0 Å². The van der Waals surface area contributed by atoms with E-state index in [0.29, 0.717) is 30.4 Å². The zero-order valence-corrected chi connectivity index (χ0v) is 13.5. The molecule has 0 radical (unpaired) electrons. The van der Waals surface area contributed by atoms with E-state index in [1.807, 2.05) is 18.2 Å². The van der Waals surface area contributed by atoms with Crippen molar-refractivity contribution in [1.29, 1.82) is 0 Å². The van der Waals surface area contributed by atoms with Gasteiger partial charge in [-0.3, -0.25) is 9.59 Å². The Hall–Kier alpha value is -1.64. The summed E-state index contributed by atoms with van der Waals surface area (Å²) in [7, 11) is 0. The Kier molecular flexibility index (Phi) is 6.63. The maximum absolute atomic E-state index is 12.1. The lowest BCUT2D eigenvalue weighted by molar-refractivity contribution is -0.122. The van der Waals surface area contributed by atoms with E-state index in [0.717, 1.165) is 6.42 Å². The van der Waals surface area contributed by atoms with E-state index >= 15 is 0 Å². The topological polar surface area (TPSA) is 46.2 Å². The minimum atomic E-state index is 0.0256. The van der Waals surface area contributed by atoms with Crippen LogP contribution < -0.4 is 5.32 Å². The molecule has 0 saturated heterocycles. The van der Waals surface area contributed by atoms with Crippen molar-refractivity contribution in [1.82, 2.24) is 5.32 Å². The predicted molar refractivity (Wildman–Crippen MR) is 88.8 cm³/mol. The first-order valence-corrected chi connectivity index (χ1v) is 8.58. The van der Waals surface area contributed by atoms with Crippen molar-refractivity contribution >= 4 is 11.7 Å². The molecule has 1 aromatic carbocycles. The van der Waals surface area contributed by atoms with Gasteiger partial charge in [0.1, 0.15) is 0 Å². The van der Waals surface area contributed by atoms with Crippen LogP contribution in [0.1, 0.15) is 68.6 Å². The van der Waals surface area contributed by atoms with Crippen LogP contribution in [0, 0.1) is 5.92 Å². The largest absolute Gasteiger partial charge is 0.353 e. The van der Waals surface area contributed by atoms with Crippen LogP contribution in [0.2, 0.25) is 0 Å². The minimum Gasteiger partial charge on any atom is -0.353 e. The van der Waals surface area contributed by atoms with Gasteiger partial charge in [-0.25, -0.2) is 0 Å². The Bertz CT molecular complexity index is 483. The summed E-state index contributed by atoms with van der Waals surface area (Å²) in [5.41, 5.74) is 0.692. The van der Waals surface area contributed by atoms with Crippen LogP contribution in [0.4, 0.5) is 0 Å². The first-order valence-electron chi connectivity index (χ1n) is 8.58. The number of carbonyl (C=O) groups is 2. The van der Waals surface area contributed by atoms with Gasteiger partial charge < -0.3 is 5.32 Å². The van der Waals surface area contributed by atoms with Gasteiger partial charge in [0.25, 0.3) is 0 Å². The molecule has 0 bridgehead atoms. The van der Waals surface area contributed by atoms with Crippen molar-refractivity contribution in [2.45, 2.75) is 64.3 Å². The summed E-state index contributed by atoms with van der Waals surface area (Å²) in [4.78, 5) is 24.1. The fraction of sp³-hybridized carbons (Fsp3) is 0.579. The summed E-state index contributed by atoms with van der Waals surface area (Å²) in [6, 6.07) is 9.52. The van der Waals surface area contributed by atoms with Crippen LogP contribution in [0.15, 0.2) is 30.3 Å². The third kappa shape index (κ3) is 4.97. The van der Waals surface area contributed by atoms with E-state index in [-0.39, 0.29) is 11.7 Å². The number of unbranched alkanes of at least 4 members (excludes halogenated alkanes) is 1. The fourth-order valence-electron chi connectivity index (χ4n) is 3.31. The van der Waals surface area contributed by atoms with Gasteiger partial charge in [0.05, 0.1) is 0 Å². The number of benzene rings is 1. The number of hydrogen-bond donors (Lipinski definition) is 1. The number of amides is 1. The first-order chi connectivity index (χ1) is 10.7. The molecule has 2 unspecified atom stereocenters. The number of nitrogens with one attached hydrogen (secondary N) is 1. The van der Waals surface area contributed by atoms with E-state index in [1.165, 1.54) is 32.1 Å². The van der Waals surface area contributed by atoms with E-state index in [9.17, 15) is 9.59 Å². The molecule has 120 valence electrons. The Labute approximate surface area is 133 Å². The van der Waals surface area contributed by atoms with Gasteiger partial charge in [-0.15, -0.1) is 0 Å². The Morgan fingerprint density at radius 2 is 1.91 bits per heavy atom. The standard InChI is InChI=1S/C19H27NO2/c1-2-3-8-15-11-7-12-17(15)20-19(22)14-13-18(21)16-9-5-4-6-10-16/h4-6,9-10,15,17H,2-3,7-8,11-14H2,1H3,(H,20,22). The van der Waals surface area contributed by atoms with Crippen molar-refractivity contribution in [3.05, 3.63) is 35.9 Å². The molecule has 22 heavy (non-hydrogen) atoms. The average molecular weight is 301 g/mol. The van der Waals surface area contributed by atoms with E-state index in [1.54, 1.807) is 12.1 Å². The van der Waals surface area contributed by atoms with Gasteiger partial charge in [0.2, 0.25) is 5.91 Å². The highest BCUT2D eigenvalue weighted by molar-refractivity contribution is 5.97. The lowest BCUT2D eigenvalue weighted by atomic mass is 9.96. The second-order valence-corrected chi connectivity index (χ2v) is 6.30. The number of ketones is 1. The lowest BCUT2D eigenvalue weighted by Crippen LogP contribution is -2.37. The maximum atomic E-state index is 12.1. The third-order valence-corrected chi connectivity index (χ3v) is 4.61. The number of carbonyl (C=O) groups excluding carboxylic acids is 2. The molecule has 0 aromatic heterocycles. The molecular weight excluding hydrogens is 274 g/mol. The number of hydrogen-bond acceptors (Lipinski definition) is 2. The fourth-order valence-corrected chi connectivity index (χ4v) is 3.31. The SMILES string of the molecule is CCCCC1CCCC1NC(=O)CCC(=O)c1ccccc1. The third-order valence-electron chi connectivity index (χ3n) is 4.61. The first kappa shape index (κ1) is 16.7. The Balaban J connectivity index is 1.74. The Morgan fingerprint density at radius 1 is 1.14 bits per heavy atom. The molecule has 0 spiro atoms. The summed E-state index contributed by atoms with van der Waals surface area (Å²) < 4.78 is 0. The highest BCUT2D eigenvalue weighted by Gasteiger charge is 2.27. The van der Waals surface area contributed by atoms with Gasteiger partial charge in [-0.1, -0.05) is 56.5 Å². The van der Waals surface area contributed by atoms with E-state index < -0.39 is 0 Å². The smallest absolute Gasteiger partial charge is 0.220 e. The number of Topliss-reactive ketones (excluding diaryl/α,β-unsaturated/α-hetero) is 1. The minimum absolute atomic E-state index is 0.0256. The van der Waals surface area contributed by atoms with Crippen molar-refractivity contribution in [3.63, 3.8) is 0 Å². The molecule has 3 nitrogen and oxygen atoms in total. The highest BCUT2D eigenvalue weighted by atomic mass is 16.2. The quantitative estimate of drug-likeness (QED) is 0.734. The van der Waals surface area contributed by atoms with Crippen LogP contribution in [-0.4, -0.2) is 17.7 Å². The maximum Gasteiger partial charge on any atom is 0.220 e. The molecule has 1 aromatic rings. The van der Waals surface area contributed by atoms with Crippen molar-refractivity contribution in [3.8, 4) is 0 Å². The summed E-state index contributed by atoms with van der Waals surface area (Å²) in [5, 5.41) is 3.15. The van der Waals surface area contributed by atoms with Gasteiger partial charge in [-0.05, 0) is 25.2 Å². The second kappa shape index (κ2) is 8.72. The number of rotatable bonds is 8. The summed E-state index contributed by atoms with van der Waals surface area (Å²) in [6.07, 6.45) is 7.78. The summed E-state index contributed by atoms with van der Waals surface area (Å²) in [6.45, 7) is 2.21. The van der Waals surface area contributed by atoms with Crippen molar-refractivity contribution < 1.29 is 9.59 Å². The molecule has 1 N–H and O–H groups in total. The van der Waals surface area contributed by atoms with E-state index in [2.05, 4.69) is 12.2 Å². The molecule has 1 aliphatic carbocycles. The second-order valence-electron chi connectivity index (χ2n) is 6.30. The highest BCUT2D eigenvalue weighted by Crippen LogP contribution is 2.29. The van der Waals surface area contributed by atoms with Crippen LogP contribution in [-0.2, 0) is 4.79 Å². The molecule has 3 heteroatoms. The average Bonchev–Trinajstić information content (AvgIpc) is 2.98. The van der Waals surface area contributed by atoms with Gasteiger partial charge >= 0.3 is 0 Å². The van der Waals surface area contributed by atoms with Gasteiger partial charge in [0, 0.05) is 24.4 Å². The molecule has 2 rings (SSSR count). The van der Waals surface area contributed by atoms with Crippen LogP contribution >= 0.6 is 0 Å². The molecule has 0 heterocycles. The zero-order chi connectivity index (χ0) is 15.8. The predicted octanol–water partition coefficient (Wildman–Crippen LogP) is 4.12. The molecule has 2 atom stereocenters. The monoisotopic (exact) mass is 301 g/mol. The molecule has 1 saturated carbocycles. The molecule has 1 aliphatic rings. The lowest BCUT2D eigenvalue weighted by Gasteiger charge is -2.20. The summed E-state index contributed by atoms with van der Waals surface area (Å²) >= 11 is 0. The normalized spacial score (nSPS) is 20.8. The van der Waals surface area contributed by atoms with Crippen LogP contribution in [0.5, 0.6) is 0 Å². The van der Waals surface area contributed by atoms with Crippen molar-refractivity contribution in [2.24, 2.45) is 5.92 Å². The molecule has 1 amide bonds. The van der Waals surface area contributed by atoms with Crippen LogP contribution in [0.3, 0.4) is 0 Å². The molecule has 1 fully saturated rings. The summed E-state index contributed by atoms with van der Waals surface area (Å²) in [5.74, 6) is 0.705. The van der Waals surface area contributed by atoms with E-state index in [4.69, 9.17) is 0 Å². The zero-order valence-electron chi connectivity index (χ0n) is 13.5. The molecular formula is C19H27NO2. The Morgan fingerprint density at radius 3 is 2.64 bits per heavy atom. The van der Waals surface area contributed by atoms with Gasteiger partial charge in [0.15, 0.2) is 5.78 Å².